The maximum Gasteiger partial charge on any atom is 0.181 e. The van der Waals surface area contributed by atoms with Gasteiger partial charge in [-0.1, -0.05) is 11.6 Å². The van der Waals surface area contributed by atoms with E-state index >= 15 is 0 Å². The summed E-state index contributed by atoms with van der Waals surface area (Å²) in [6.07, 6.45) is 3.79. The number of hydrogen-bond acceptors (Lipinski definition) is 6. The molecule has 2 aromatic heterocycles. The first kappa shape index (κ1) is 24.0. The number of pyridine rings is 1. The number of methoxy groups -OCH3 is 1. The molecule has 36 heavy (non-hydrogen) atoms. The highest BCUT2D eigenvalue weighted by atomic mass is 35.5. The summed E-state index contributed by atoms with van der Waals surface area (Å²) in [6.45, 7) is 1.86. The van der Waals surface area contributed by atoms with E-state index in [4.69, 9.17) is 25.5 Å². The predicted octanol–water partition coefficient (Wildman–Crippen LogP) is 6.99. The zero-order chi connectivity index (χ0) is 25.4. The van der Waals surface area contributed by atoms with Gasteiger partial charge in [0.1, 0.15) is 17.2 Å². The van der Waals surface area contributed by atoms with Crippen LogP contribution in [0, 0.1) is 12.7 Å². The van der Waals surface area contributed by atoms with Gasteiger partial charge in [0.2, 0.25) is 0 Å². The quantitative estimate of drug-likeness (QED) is 0.227. The number of halogens is 2. The molecule has 0 spiro atoms. The molecule has 0 amide bonds. The van der Waals surface area contributed by atoms with Crippen molar-refractivity contribution in [1.82, 2.24) is 4.98 Å². The molecule has 2 heterocycles. The fourth-order valence-electron chi connectivity index (χ4n) is 3.94. The Morgan fingerprint density at radius 1 is 1.08 bits per heavy atom. The number of carbonyl (C=O) groups is 2. The fraction of sp³-hybridized carbons (Fsp3) is 0.250. The second-order valence-electron chi connectivity index (χ2n) is 8.81. The number of rotatable bonds is 9. The third kappa shape index (κ3) is 4.84. The molecule has 8 heteroatoms. The van der Waals surface area contributed by atoms with Gasteiger partial charge in [0.05, 0.1) is 24.5 Å². The van der Waals surface area contributed by atoms with E-state index in [0.717, 1.165) is 18.4 Å². The number of ketones is 2. The number of aryl methyl sites for hydroxylation is 1. The summed E-state index contributed by atoms with van der Waals surface area (Å²) in [6, 6.07) is 10.9. The highest BCUT2D eigenvalue weighted by Crippen LogP contribution is 2.35. The Hall–Kier alpha value is -3.71. The second kappa shape index (κ2) is 9.74. The Morgan fingerprint density at radius 2 is 1.86 bits per heavy atom. The van der Waals surface area contributed by atoms with E-state index in [1.807, 2.05) is 6.92 Å². The van der Waals surface area contributed by atoms with Gasteiger partial charge in [-0.15, -0.1) is 0 Å². The van der Waals surface area contributed by atoms with Crippen LogP contribution in [0.3, 0.4) is 0 Å². The largest absolute Gasteiger partial charge is 0.493 e. The van der Waals surface area contributed by atoms with Gasteiger partial charge < -0.3 is 13.9 Å². The van der Waals surface area contributed by atoms with Crippen molar-refractivity contribution in [3.05, 3.63) is 76.4 Å². The van der Waals surface area contributed by atoms with Crippen molar-refractivity contribution >= 4 is 34.1 Å². The number of fused-ring (bicyclic) bond motifs is 1. The molecule has 2 aromatic carbocycles. The Morgan fingerprint density at radius 3 is 2.58 bits per heavy atom. The number of benzene rings is 2. The molecule has 5 rings (SSSR count). The van der Waals surface area contributed by atoms with Gasteiger partial charge in [0.15, 0.2) is 28.6 Å². The lowest BCUT2D eigenvalue weighted by atomic mass is 10.0. The number of carbonyl (C=O) groups excluding carboxylic acids is 2. The number of Topliss-reactive ketones (excluding diaryl/α,β-unsaturated/α-hetero) is 2. The monoisotopic (exact) mass is 507 g/mol. The second-order valence-corrected chi connectivity index (χ2v) is 9.22. The van der Waals surface area contributed by atoms with Crippen molar-refractivity contribution in [2.45, 2.75) is 38.7 Å². The van der Waals surface area contributed by atoms with E-state index in [-0.39, 0.29) is 41.2 Å². The predicted molar refractivity (Wildman–Crippen MR) is 134 cm³/mol. The molecule has 0 radical (unpaired) electrons. The number of furan rings is 1. The molecular formula is C28H23ClFNO5. The van der Waals surface area contributed by atoms with Crippen molar-refractivity contribution in [3.8, 4) is 22.8 Å². The minimum absolute atomic E-state index is 0.00656. The molecule has 0 unspecified atom stereocenters. The first-order valence-corrected chi connectivity index (χ1v) is 12.0. The summed E-state index contributed by atoms with van der Waals surface area (Å²) in [5, 5.41) is 0.656. The summed E-state index contributed by atoms with van der Waals surface area (Å²) in [4.78, 5) is 30.4. The van der Waals surface area contributed by atoms with Crippen LogP contribution in [0.2, 0.25) is 5.02 Å². The summed E-state index contributed by atoms with van der Waals surface area (Å²) in [7, 11) is 1.53. The first-order valence-electron chi connectivity index (χ1n) is 11.6. The molecule has 0 bridgehead atoms. The Kier molecular flexibility index (Phi) is 6.49. The molecule has 6 nitrogen and oxygen atoms in total. The van der Waals surface area contributed by atoms with Crippen LogP contribution in [-0.2, 0) is 0 Å². The van der Waals surface area contributed by atoms with Gasteiger partial charge in [-0.2, -0.15) is 0 Å². The van der Waals surface area contributed by atoms with Crippen molar-refractivity contribution in [1.29, 1.82) is 0 Å². The van der Waals surface area contributed by atoms with E-state index in [0.29, 0.717) is 39.3 Å². The molecule has 184 valence electrons. The number of ether oxygens (including phenoxy) is 2. The maximum atomic E-state index is 13.7. The summed E-state index contributed by atoms with van der Waals surface area (Å²) < 4.78 is 30.6. The molecule has 0 N–H and O–H groups in total. The number of nitrogens with zero attached hydrogens (tertiary/aromatic N) is 1. The van der Waals surface area contributed by atoms with Crippen molar-refractivity contribution in [3.63, 3.8) is 0 Å². The molecule has 1 aliphatic rings. The smallest absolute Gasteiger partial charge is 0.181 e. The SMILES string of the molecule is COc1cc(C(=O)CCC(=O)c2cc3c(C)coc3c(-c3ccc(F)c(Cl)c3)n2)ccc1OC1CC1. The third-order valence-corrected chi connectivity index (χ3v) is 6.40. The minimum atomic E-state index is -0.554. The first-order chi connectivity index (χ1) is 17.3. The lowest BCUT2D eigenvalue weighted by molar-refractivity contribution is 0.0915. The van der Waals surface area contributed by atoms with Gasteiger partial charge >= 0.3 is 0 Å². The summed E-state index contributed by atoms with van der Waals surface area (Å²) in [5.41, 5.74) is 2.84. The normalized spacial score (nSPS) is 13.1. The van der Waals surface area contributed by atoms with Crippen LogP contribution in [0.5, 0.6) is 11.5 Å². The van der Waals surface area contributed by atoms with Crippen molar-refractivity contribution in [2.75, 3.05) is 7.11 Å². The molecule has 0 atom stereocenters. The van der Waals surface area contributed by atoms with Crippen LogP contribution in [0.15, 0.2) is 53.1 Å². The van der Waals surface area contributed by atoms with Gasteiger partial charge in [-0.25, -0.2) is 9.37 Å². The van der Waals surface area contributed by atoms with E-state index in [1.54, 1.807) is 30.5 Å². The van der Waals surface area contributed by atoms with Gasteiger partial charge in [0.25, 0.3) is 0 Å². The lowest BCUT2D eigenvalue weighted by Crippen LogP contribution is -2.08. The molecule has 0 saturated heterocycles. The topological polar surface area (TPSA) is 78.6 Å². The van der Waals surface area contributed by atoms with Gasteiger partial charge in [0, 0.05) is 29.4 Å². The fourth-order valence-corrected chi connectivity index (χ4v) is 4.12. The third-order valence-electron chi connectivity index (χ3n) is 6.11. The van der Waals surface area contributed by atoms with Crippen LogP contribution in [0.1, 0.15) is 52.1 Å². The molecular weight excluding hydrogens is 485 g/mol. The van der Waals surface area contributed by atoms with E-state index < -0.39 is 5.82 Å². The van der Waals surface area contributed by atoms with E-state index in [1.165, 1.54) is 25.3 Å². The van der Waals surface area contributed by atoms with Gasteiger partial charge in [-0.05, 0) is 67.8 Å². The molecule has 1 saturated carbocycles. The zero-order valence-electron chi connectivity index (χ0n) is 19.8. The van der Waals surface area contributed by atoms with Crippen LogP contribution in [-0.4, -0.2) is 29.8 Å². The summed E-state index contributed by atoms with van der Waals surface area (Å²) >= 11 is 5.97. The number of hydrogen-bond donors (Lipinski definition) is 0. The average Bonchev–Trinajstić information content (AvgIpc) is 3.63. The van der Waals surface area contributed by atoms with Crippen LogP contribution in [0.25, 0.3) is 22.2 Å². The van der Waals surface area contributed by atoms with Crippen molar-refractivity contribution in [2.24, 2.45) is 0 Å². The zero-order valence-corrected chi connectivity index (χ0v) is 20.5. The van der Waals surface area contributed by atoms with Gasteiger partial charge in [-0.3, -0.25) is 9.59 Å². The Labute approximate surface area is 212 Å². The van der Waals surface area contributed by atoms with Crippen LogP contribution >= 0.6 is 11.6 Å². The molecule has 4 aromatic rings. The van der Waals surface area contributed by atoms with Crippen LogP contribution in [0.4, 0.5) is 4.39 Å². The van der Waals surface area contributed by atoms with E-state index in [9.17, 15) is 14.0 Å². The maximum absolute atomic E-state index is 13.7. The average molecular weight is 508 g/mol. The highest BCUT2D eigenvalue weighted by molar-refractivity contribution is 6.31. The van der Waals surface area contributed by atoms with Crippen LogP contribution < -0.4 is 9.47 Å². The van der Waals surface area contributed by atoms with Crippen molar-refractivity contribution < 1.29 is 27.9 Å². The minimum Gasteiger partial charge on any atom is -0.493 e. The summed E-state index contributed by atoms with van der Waals surface area (Å²) in [5.74, 6) is 0.0618. The molecule has 1 aliphatic carbocycles. The standard InChI is InChI=1S/C28H23ClFNO5/c1-15-14-35-28-19(15)13-22(31-27(28)17-3-7-21(30)20(29)11-17)24(33)9-8-23(32)16-4-10-25(26(12-16)34-2)36-18-5-6-18/h3-4,7,10-14,18H,5-6,8-9H2,1-2H3. The molecule has 0 aliphatic heterocycles. The Bertz CT molecular complexity index is 1490. The Balaban J connectivity index is 1.37. The van der Waals surface area contributed by atoms with E-state index in [2.05, 4.69) is 4.98 Å². The molecule has 1 fully saturated rings. The lowest BCUT2D eigenvalue weighted by Gasteiger charge is -2.11. The highest BCUT2D eigenvalue weighted by Gasteiger charge is 2.25. The number of aromatic nitrogens is 1.